The number of rotatable bonds is 3. The summed E-state index contributed by atoms with van der Waals surface area (Å²) in [6, 6.07) is 0. The molecule has 0 radical (unpaired) electrons. The van der Waals surface area contributed by atoms with E-state index in [-0.39, 0.29) is 0 Å². The van der Waals surface area contributed by atoms with Gasteiger partial charge in [-0.05, 0) is 25.7 Å². The van der Waals surface area contributed by atoms with Crippen molar-refractivity contribution < 1.29 is 4.79 Å². The molecule has 1 aliphatic rings. The number of Topliss-reactive ketones (excluding diaryl/α,β-unsaturated/α-hetero) is 1. The van der Waals surface area contributed by atoms with Crippen LogP contribution in [0.25, 0.3) is 0 Å². The summed E-state index contributed by atoms with van der Waals surface area (Å²) in [4.78, 5) is 11.3. The van der Waals surface area contributed by atoms with Crippen molar-refractivity contribution in [2.45, 2.75) is 38.5 Å². The molecule has 1 atom stereocenters. The first-order valence-electron chi connectivity index (χ1n) is 4.43. The molecule has 0 saturated heterocycles. The van der Waals surface area contributed by atoms with Crippen LogP contribution in [0.15, 0.2) is 0 Å². The van der Waals surface area contributed by atoms with Gasteiger partial charge in [-0.2, -0.15) is 0 Å². The van der Waals surface area contributed by atoms with Crippen LogP contribution in [0.1, 0.15) is 38.5 Å². The van der Waals surface area contributed by atoms with E-state index >= 15 is 0 Å². The smallest absolute Gasteiger partial charge is 0.135 e. The highest BCUT2D eigenvalue weighted by Crippen LogP contribution is 2.24. The Balaban J connectivity index is 2.24. The van der Waals surface area contributed by atoms with Crippen LogP contribution >= 0.6 is 15.9 Å². The number of alkyl halides is 1. The second kappa shape index (κ2) is 4.91. The molecule has 0 bridgehead atoms. The Hall–Kier alpha value is 0.150. The molecule has 1 saturated carbocycles. The maximum atomic E-state index is 11.3. The quantitative estimate of drug-likeness (QED) is 0.667. The lowest BCUT2D eigenvalue weighted by molar-refractivity contribution is -0.124. The molecule has 1 rings (SSSR count). The molecular formula is C9H15BrO. The van der Waals surface area contributed by atoms with Crippen molar-refractivity contribution in [1.82, 2.24) is 0 Å². The van der Waals surface area contributed by atoms with Gasteiger partial charge in [-0.1, -0.05) is 22.4 Å². The Morgan fingerprint density at radius 1 is 1.45 bits per heavy atom. The summed E-state index contributed by atoms with van der Waals surface area (Å²) in [5.41, 5.74) is 0. The zero-order valence-electron chi connectivity index (χ0n) is 6.81. The van der Waals surface area contributed by atoms with Gasteiger partial charge >= 0.3 is 0 Å². The molecule has 0 N–H and O–H groups in total. The zero-order valence-corrected chi connectivity index (χ0v) is 8.40. The number of hydrogen-bond donors (Lipinski definition) is 0. The molecule has 2 heteroatoms. The first-order chi connectivity index (χ1) is 5.34. The van der Waals surface area contributed by atoms with Gasteiger partial charge in [0.1, 0.15) is 5.78 Å². The average molecular weight is 219 g/mol. The van der Waals surface area contributed by atoms with Crippen LogP contribution in [-0.2, 0) is 4.79 Å². The highest BCUT2D eigenvalue weighted by Gasteiger charge is 2.20. The molecule has 1 aliphatic carbocycles. The predicted molar refractivity (Wildman–Crippen MR) is 50.0 cm³/mol. The predicted octanol–water partition coefficient (Wildman–Crippen LogP) is 2.92. The lowest BCUT2D eigenvalue weighted by atomic mass is 9.85. The van der Waals surface area contributed by atoms with Gasteiger partial charge in [-0.3, -0.25) is 4.79 Å². The zero-order chi connectivity index (χ0) is 8.10. The molecule has 0 spiro atoms. The van der Waals surface area contributed by atoms with Crippen LogP contribution in [0.4, 0.5) is 0 Å². The molecule has 0 heterocycles. The monoisotopic (exact) mass is 218 g/mol. The third-order valence-corrected chi connectivity index (χ3v) is 2.93. The van der Waals surface area contributed by atoms with E-state index < -0.39 is 0 Å². The van der Waals surface area contributed by atoms with Gasteiger partial charge in [0, 0.05) is 17.7 Å². The Labute approximate surface area is 76.7 Å². The van der Waals surface area contributed by atoms with Crippen LogP contribution in [0.3, 0.4) is 0 Å². The Bertz CT molecular complexity index is 134. The standard InChI is InChI=1S/C9H15BrO/c10-7-3-5-8-4-1-2-6-9(8)11/h8H,1-7H2. The molecule has 0 aromatic rings. The van der Waals surface area contributed by atoms with Crippen LogP contribution < -0.4 is 0 Å². The van der Waals surface area contributed by atoms with Gasteiger partial charge < -0.3 is 0 Å². The van der Waals surface area contributed by atoms with Crippen LogP contribution in [-0.4, -0.2) is 11.1 Å². The van der Waals surface area contributed by atoms with Crippen molar-refractivity contribution in [3.63, 3.8) is 0 Å². The van der Waals surface area contributed by atoms with Crippen molar-refractivity contribution in [1.29, 1.82) is 0 Å². The molecule has 1 fully saturated rings. The van der Waals surface area contributed by atoms with Gasteiger partial charge in [0.05, 0.1) is 0 Å². The number of halogens is 1. The number of carbonyl (C=O) groups is 1. The lowest BCUT2D eigenvalue weighted by Gasteiger charge is -2.19. The second-order valence-corrected chi connectivity index (χ2v) is 4.03. The summed E-state index contributed by atoms with van der Waals surface area (Å²) in [6.07, 6.45) is 6.63. The number of ketones is 1. The maximum Gasteiger partial charge on any atom is 0.135 e. The SMILES string of the molecule is O=C1CCCCC1CCCBr. The van der Waals surface area contributed by atoms with Crippen molar-refractivity contribution in [3.8, 4) is 0 Å². The van der Waals surface area contributed by atoms with E-state index in [2.05, 4.69) is 15.9 Å². The largest absolute Gasteiger partial charge is 0.299 e. The molecule has 1 nitrogen and oxygen atoms in total. The van der Waals surface area contributed by atoms with E-state index in [1.54, 1.807) is 0 Å². The Morgan fingerprint density at radius 2 is 2.27 bits per heavy atom. The first-order valence-corrected chi connectivity index (χ1v) is 5.55. The summed E-state index contributed by atoms with van der Waals surface area (Å²) in [5, 5.41) is 1.04. The molecule has 0 aromatic carbocycles. The Morgan fingerprint density at radius 3 is 2.91 bits per heavy atom. The minimum Gasteiger partial charge on any atom is -0.299 e. The summed E-state index contributed by atoms with van der Waals surface area (Å²) in [6.45, 7) is 0. The summed E-state index contributed by atoms with van der Waals surface area (Å²) in [7, 11) is 0. The summed E-state index contributed by atoms with van der Waals surface area (Å²) < 4.78 is 0. The van der Waals surface area contributed by atoms with Gasteiger partial charge in [0.15, 0.2) is 0 Å². The minimum absolute atomic E-state index is 0.404. The molecule has 64 valence electrons. The summed E-state index contributed by atoms with van der Waals surface area (Å²) >= 11 is 3.38. The molecule has 0 amide bonds. The molecular weight excluding hydrogens is 204 g/mol. The lowest BCUT2D eigenvalue weighted by Crippen LogP contribution is -2.18. The van der Waals surface area contributed by atoms with Crippen molar-refractivity contribution in [2.24, 2.45) is 5.92 Å². The van der Waals surface area contributed by atoms with Crippen molar-refractivity contribution in [3.05, 3.63) is 0 Å². The minimum atomic E-state index is 0.404. The van der Waals surface area contributed by atoms with E-state index in [9.17, 15) is 4.79 Å². The van der Waals surface area contributed by atoms with Gasteiger partial charge in [0.25, 0.3) is 0 Å². The maximum absolute atomic E-state index is 11.3. The van der Waals surface area contributed by atoms with E-state index in [0.29, 0.717) is 11.7 Å². The van der Waals surface area contributed by atoms with Gasteiger partial charge in [-0.15, -0.1) is 0 Å². The van der Waals surface area contributed by atoms with E-state index in [1.165, 1.54) is 6.42 Å². The van der Waals surface area contributed by atoms with Crippen LogP contribution in [0, 0.1) is 5.92 Å². The number of hydrogen-bond acceptors (Lipinski definition) is 1. The summed E-state index contributed by atoms with van der Waals surface area (Å²) in [5.74, 6) is 0.915. The van der Waals surface area contributed by atoms with E-state index in [0.717, 1.165) is 37.4 Å². The highest BCUT2D eigenvalue weighted by molar-refractivity contribution is 9.09. The van der Waals surface area contributed by atoms with Crippen LogP contribution in [0.5, 0.6) is 0 Å². The van der Waals surface area contributed by atoms with E-state index in [4.69, 9.17) is 0 Å². The fourth-order valence-corrected chi connectivity index (χ4v) is 2.01. The fourth-order valence-electron chi connectivity index (χ4n) is 1.68. The molecule has 11 heavy (non-hydrogen) atoms. The Kier molecular flexibility index (Phi) is 4.13. The van der Waals surface area contributed by atoms with Gasteiger partial charge in [-0.25, -0.2) is 0 Å². The molecule has 0 aliphatic heterocycles. The highest BCUT2D eigenvalue weighted by atomic mass is 79.9. The van der Waals surface area contributed by atoms with Crippen molar-refractivity contribution >= 4 is 21.7 Å². The third kappa shape index (κ3) is 2.94. The third-order valence-electron chi connectivity index (χ3n) is 2.37. The first kappa shape index (κ1) is 9.24. The number of carbonyl (C=O) groups excluding carboxylic acids is 1. The fraction of sp³-hybridized carbons (Fsp3) is 0.889. The van der Waals surface area contributed by atoms with Crippen molar-refractivity contribution in [2.75, 3.05) is 5.33 Å². The molecule has 1 unspecified atom stereocenters. The second-order valence-electron chi connectivity index (χ2n) is 3.24. The average Bonchev–Trinajstić information content (AvgIpc) is 2.03. The van der Waals surface area contributed by atoms with E-state index in [1.807, 2.05) is 0 Å². The molecule has 0 aromatic heterocycles. The van der Waals surface area contributed by atoms with Gasteiger partial charge in [0.2, 0.25) is 0 Å². The topological polar surface area (TPSA) is 17.1 Å². The normalized spacial score (nSPS) is 25.5. The van der Waals surface area contributed by atoms with Crippen LogP contribution in [0.2, 0.25) is 0 Å².